The number of rotatable bonds is 5. The van der Waals surface area contributed by atoms with Gasteiger partial charge in [-0.15, -0.1) is 0 Å². The molecule has 0 heterocycles. The second-order valence-electron chi connectivity index (χ2n) is 4.51. The third-order valence-electron chi connectivity index (χ3n) is 3.27. The molecule has 2 rings (SSSR count). The fraction of sp³-hybridized carbons (Fsp3) is 0.250. The summed E-state index contributed by atoms with van der Waals surface area (Å²) in [7, 11) is 1.76. The first-order valence-corrected chi connectivity index (χ1v) is 6.37. The van der Waals surface area contributed by atoms with Gasteiger partial charge in [0.25, 0.3) is 0 Å². The van der Waals surface area contributed by atoms with Crippen molar-refractivity contribution in [2.24, 2.45) is 0 Å². The fourth-order valence-electron chi connectivity index (χ4n) is 2.20. The quantitative estimate of drug-likeness (QED) is 0.861. The molecule has 3 heteroatoms. The predicted octanol–water partition coefficient (Wildman–Crippen LogP) is 3.86. The molecule has 0 saturated heterocycles. The zero-order valence-corrected chi connectivity index (χ0v) is 10.9. The van der Waals surface area contributed by atoms with Gasteiger partial charge in [0.15, 0.2) is 11.6 Å². The maximum atomic E-state index is 13.7. The van der Waals surface area contributed by atoms with Crippen LogP contribution < -0.4 is 5.32 Å². The van der Waals surface area contributed by atoms with Crippen molar-refractivity contribution in [2.75, 3.05) is 7.05 Å². The molecular formula is C16H17F2N. The van der Waals surface area contributed by atoms with Crippen molar-refractivity contribution in [3.05, 3.63) is 71.3 Å². The third-order valence-corrected chi connectivity index (χ3v) is 3.27. The van der Waals surface area contributed by atoms with E-state index in [9.17, 15) is 8.78 Å². The SMILES string of the molecule is CNC(CCc1ccccc1)c1cccc(F)c1F. The van der Waals surface area contributed by atoms with Gasteiger partial charge < -0.3 is 5.32 Å². The number of hydrogen-bond donors (Lipinski definition) is 1. The van der Waals surface area contributed by atoms with Gasteiger partial charge in [-0.25, -0.2) is 8.78 Å². The average molecular weight is 261 g/mol. The maximum Gasteiger partial charge on any atom is 0.163 e. The molecule has 0 bridgehead atoms. The lowest BCUT2D eigenvalue weighted by molar-refractivity contribution is 0.463. The van der Waals surface area contributed by atoms with Crippen molar-refractivity contribution < 1.29 is 8.78 Å². The van der Waals surface area contributed by atoms with Crippen molar-refractivity contribution in [1.29, 1.82) is 0 Å². The van der Waals surface area contributed by atoms with E-state index in [1.54, 1.807) is 19.2 Å². The molecule has 0 aliphatic heterocycles. The van der Waals surface area contributed by atoms with E-state index in [2.05, 4.69) is 5.32 Å². The van der Waals surface area contributed by atoms with Gasteiger partial charge in [-0.3, -0.25) is 0 Å². The van der Waals surface area contributed by atoms with Crippen LogP contribution in [-0.2, 0) is 6.42 Å². The van der Waals surface area contributed by atoms with Crippen molar-refractivity contribution in [3.63, 3.8) is 0 Å². The molecule has 2 aromatic rings. The lowest BCUT2D eigenvalue weighted by Crippen LogP contribution is -2.19. The van der Waals surface area contributed by atoms with Crippen LogP contribution in [0.1, 0.15) is 23.6 Å². The minimum atomic E-state index is -0.794. The Labute approximate surface area is 112 Å². The molecule has 1 N–H and O–H groups in total. The second-order valence-corrected chi connectivity index (χ2v) is 4.51. The molecule has 1 unspecified atom stereocenters. The van der Waals surface area contributed by atoms with Gasteiger partial charge in [-0.1, -0.05) is 42.5 Å². The van der Waals surface area contributed by atoms with E-state index < -0.39 is 11.6 Å². The van der Waals surface area contributed by atoms with E-state index in [4.69, 9.17) is 0 Å². The van der Waals surface area contributed by atoms with Gasteiger partial charge in [0.05, 0.1) is 0 Å². The number of hydrogen-bond acceptors (Lipinski definition) is 1. The Morgan fingerprint density at radius 3 is 2.42 bits per heavy atom. The highest BCUT2D eigenvalue weighted by atomic mass is 19.2. The molecule has 100 valence electrons. The van der Waals surface area contributed by atoms with Gasteiger partial charge in [0.1, 0.15) is 0 Å². The van der Waals surface area contributed by atoms with Crippen LogP contribution in [-0.4, -0.2) is 7.05 Å². The van der Waals surface area contributed by atoms with E-state index in [1.165, 1.54) is 5.56 Å². The Hall–Kier alpha value is -1.74. The first kappa shape index (κ1) is 13.7. The van der Waals surface area contributed by atoms with Gasteiger partial charge in [-0.2, -0.15) is 0 Å². The minimum absolute atomic E-state index is 0.184. The Morgan fingerprint density at radius 1 is 1.00 bits per heavy atom. The molecule has 0 aliphatic carbocycles. The molecule has 0 amide bonds. The molecule has 0 saturated carbocycles. The van der Waals surface area contributed by atoms with E-state index in [-0.39, 0.29) is 6.04 Å². The Kier molecular flexibility index (Phi) is 4.63. The topological polar surface area (TPSA) is 12.0 Å². The monoisotopic (exact) mass is 261 g/mol. The highest BCUT2D eigenvalue weighted by Gasteiger charge is 2.16. The molecule has 0 fully saturated rings. The van der Waals surface area contributed by atoms with Crippen LogP contribution in [0.15, 0.2) is 48.5 Å². The van der Waals surface area contributed by atoms with Crippen molar-refractivity contribution in [1.82, 2.24) is 5.32 Å². The molecule has 0 aromatic heterocycles. The predicted molar refractivity (Wildman–Crippen MR) is 72.9 cm³/mol. The average Bonchev–Trinajstić information content (AvgIpc) is 2.45. The molecule has 1 nitrogen and oxygen atoms in total. The lowest BCUT2D eigenvalue weighted by atomic mass is 9.98. The summed E-state index contributed by atoms with van der Waals surface area (Å²) in [6.45, 7) is 0. The van der Waals surface area contributed by atoms with Crippen LogP contribution >= 0.6 is 0 Å². The van der Waals surface area contributed by atoms with Crippen LogP contribution in [0.2, 0.25) is 0 Å². The minimum Gasteiger partial charge on any atom is -0.313 e. The van der Waals surface area contributed by atoms with E-state index in [0.717, 1.165) is 18.9 Å². The summed E-state index contributed by atoms with van der Waals surface area (Å²) in [4.78, 5) is 0. The van der Waals surface area contributed by atoms with E-state index in [0.29, 0.717) is 5.56 Å². The fourth-order valence-corrected chi connectivity index (χ4v) is 2.20. The first-order chi connectivity index (χ1) is 9.22. The number of aryl methyl sites for hydroxylation is 1. The van der Waals surface area contributed by atoms with Gasteiger partial charge in [0.2, 0.25) is 0 Å². The zero-order chi connectivity index (χ0) is 13.7. The Balaban J connectivity index is 2.10. The summed E-state index contributed by atoms with van der Waals surface area (Å²) in [5.41, 5.74) is 1.58. The molecule has 2 aromatic carbocycles. The van der Waals surface area contributed by atoms with Crippen LogP contribution in [0.5, 0.6) is 0 Å². The number of nitrogens with one attached hydrogen (secondary N) is 1. The van der Waals surface area contributed by atoms with Crippen LogP contribution in [0.3, 0.4) is 0 Å². The highest BCUT2D eigenvalue weighted by molar-refractivity contribution is 5.23. The normalized spacial score (nSPS) is 12.4. The zero-order valence-electron chi connectivity index (χ0n) is 10.9. The summed E-state index contributed by atoms with van der Waals surface area (Å²) >= 11 is 0. The summed E-state index contributed by atoms with van der Waals surface area (Å²) in [5, 5.41) is 3.05. The summed E-state index contributed by atoms with van der Waals surface area (Å²) < 4.78 is 27.0. The standard InChI is InChI=1S/C16H17F2N/c1-19-15(11-10-12-6-3-2-4-7-12)13-8-5-9-14(17)16(13)18/h2-9,15,19H,10-11H2,1H3. The van der Waals surface area contributed by atoms with Crippen LogP contribution in [0.25, 0.3) is 0 Å². The second kappa shape index (κ2) is 6.43. The van der Waals surface area contributed by atoms with Crippen molar-refractivity contribution in [2.45, 2.75) is 18.9 Å². The Morgan fingerprint density at radius 2 is 1.74 bits per heavy atom. The third kappa shape index (κ3) is 3.38. The largest absolute Gasteiger partial charge is 0.313 e. The summed E-state index contributed by atoms with van der Waals surface area (Å²) in [6, 6.07) is 14.1. The van der Waals surface area contributed by atoms with Crippen LogP contribution in [0.4, 0.5) is 8.78 Å². The molecule has 0 aliphatic rings. The smallest absolute Gasteiger partial charge is 0.163 e. The Bertz CT molecular complexity index is 526. The van der Waals surface area contributed by atoms with Gasteiger partial charge in [0, 0.05) is 11.6 Å². The molecule has 1 atom stereocenters. The molecule has 0 spiro atoms. The molecule has 19 heavy (non-hydrogen) atoms. The summed E-state index contributed by atoms with van der Waals surface area (Å²) in [5.74, 6) is -1.55. The highest BCUT2D eigenvalue weighted by Crippen LogP contribution is 2.23. The maximum absolute atomic E-state index is 13.7. The van der Waals surface area contributed by atoms with Crippen LogP contribution in [0, 0.1) is 11.6 Å². The van der Waals surface area contributed by atoms with Crippen molar-refractivity contribution >= 4 is 0 Å². The first-order valence-electron chi connectivity index (χ1n) is 6.37. The van der Waals surface area contributed by atoms with Crippen molar-refractivity contribution in [3.8, 4) is 0 Å². The van der Waals surface area contributed by atoms with Gasteiger partial charge >= 0.3 is 0 Å². The number of benzene rings is 2. The lowest BCUT2D eigenvalue weighted by Gasteiger charge is -2.17. The van der Waals surface area contributed by atoms with Gasteiger partial charge in [-0.05, 0) is 31.5 Å². The van der Waals surface area contributed by atoms with E-state index in [1.807, 2.05) is 30.3 Å². The van der Waals surface area contributed by atoms with E-state index >= 15 is 0 Å². The molecular weight excluding hydrogens is 244 g/mol. The number of halogens is 2. The molecule has 0 radical (unpaired) electrons. The summed E-state index contributed by atoms with van der Waals surface area (Å²) in [6.07, 6.45) is 1.54.